The van der Waals surface area contributed by atoms with Crippen molar-refractivity contribution in [2.24, 2.45) is 10.8 Å². The lowest BCUT2D eigenvalue weighted by molar-refractivity contribution is 0.399. The Hall–Kier alpha value is -0.560. The molecule has 0 saturated carbocycles. The average Bonchev–Trinajstić information content (AvgIpc) is 2.07. The van der Waals surface area contributed by atoms with E-state index in [4.69, 9.17) is 11.6 Å². The molecule has 0 radical (unpaired) electrons. The fourth-order valence-corrected chi connectivity index (χ4v) is 2.37. The monoisotopic (exact) mass is 270 g/mol. The molecule has 2 heteroatoms. The quantitative estimate of drug-likeness (QED) is 0.651. The Morgan fingerprint density at radius 1 is 0.944 bits per heavy atom. The largest absolute Gasteiger partial charge is 0.207 e. The predicted octanol–water partition coefficient (Wildman–Crippen LogP) is 5.66. The maximum Gasteiger partial charge on any atom is 0.128 e. The van der Waals surface area contributed by atoms with E-state index in [1.165, 1.54) is 0 Å². The van der Waals surface area contributed by atoms with Gasteiger partial charge < -0.3 is 0 Å². The Morgan fingerprint density at radius 2 is 1.44 bits per heavy atom. The second-order valence-electron chi connectivity index (χ2n) is 7.51. The van der Waals surface area contributed by atoms with Gasteiger partial charge in [-0.1, -0.05) is 53.1 Å². The van der Waals surface area contributed by atoms with Crippen molar-refractivity contribution in [2.75, 3.05) is 0 Å². The summed E-state index contributed by atoms with van der Waals surface area (Å²) in [4.78, 5) is 0. The van der Waals surface area contributed by atoms with E-state index < -0.39 is 0 Å². The zero-order valence-corrected chi connectivity index (χ0v) is 13.1. The number of hydrogen-bond acceptors (Lipinski definition) is 0. The Bertz CT molecular complexity index is 399. The number of hydrogen-bond donors (Lipinski definition) is 0. The topological polar surface area (TPSA) is 0 Å². The van der Waals surface area contributed by atoms with Crippen molar-refractivity contribution in [1.82, 2.24) is 0 Å². The average molecular weight is 271 g/mol. The Morgan fingerprint density at radius 3 is 1.83 bits per heavy atom. The van der Waals surface area contributed by atoms with Crippen LogP contribution in [-0.4, -0.2) is 0 Å². The van der Waals surface area contributed by atoms with Gasteiger partial charge in [-0.2, -0.15) is 0 Å². The van der Waals surface area contributed by atoms with Gasteiger partial charge in [0, 0.05) is 10.6 Å². The summed E-state index contributed by atoms with van der Waals surface area (Å²) in [7, 11) is 0. The van der Waals surface area contributed by atoms with Crippen LogP contribution in [0.1, 0.15) is 52.7 Å². The van der Waals surface area contributed by atoms with Crippen molar-refractivity contribution >= 4 is 11.6 Å². The first-order valence-corrected chi connectivity index (χ1v) is 6.82. The highest BCUT2D eigenvalue weighted by atomic mass is 35.5. The minimum Gasteiger partial charge on any atom is -0.207 e. The third-order valence-corrected chi connectivity index (χ3v) is 2.98. The molecule has 18 heavy (non-hydrogen) atoms. The van der Waals surface area contributed by atoms with E-state index in [-0.39, 0.29) is 16.6 Å². The molecule has 0 aliphatic rings. The summed E-state index contributed by atoms with van der Waals surface area (Å²) in [6.45, 7) is 12.7. The van der Waals surface area contributed by atoms with Crippen LogP contribution in [0.2, 0.25) is 5.02 Å². The highest BCUT2D eigenvalue weighted by molar-refractivity contribution is 6.31. The summed E-state index contributed by atoms with van der Waals surface area (Å²) >= 11 is 6.23. The summed E-state index contributed by atoms with van der Waals surface area (Å²) in [5.41, 5.74) is 1.79. The SMILES string of the molecule is CC(C)(C)Cc1cc(F)c(CC(C)(C)C)c(Cl)c1. The van der Waals surface area contributed by atoms with Gasteiger partial charge in [0.2, 0.25) is 0 Å². The standard InChI is InChI=1S/C16H24ClF/c1-15(2,3)9-11-7-13(17)12(14(18)8-11)10-16(4,5)6/h7-8H,9-10H2,1-6H3. The minimum absolute atomic E-state index is 0.0377. The van der Waals surface area contributed by atoms with E-state index in [1.807, 2.05) is 6.07 Å². The molecular weight excluding hydrogens is 247 g/mol. The van der Waals surface area contributed by atoms with Crippen molar-refractivity contribution in [3.8, 4) is 0 Å². The molecule has 0 amide bonds. The zero-order valence-electron chi connectivity index (χ0n) is 12.3. The number of rotatable bonds is 2. The number of halogens is 2. The van der Waals surface area contributed by atoms with E-state index in [9.17, 15) is 4.39 Å². The fourth-order valence-electron chi connectivity index (χ4n) is 2.07. The minimum atomic E-state index is -0.170. The maximum absolute atomic E-state index is 14.1. The van der Waals surface area contributed by atoms with Gasteiger partial charge in [-0.05, 0) is 41.4 Å². The molecule has 1 aromatic rings. The lowest BCUT2D eigenvalue weighted by atomic mass is 9.85. The molecule has 0 aromatic heterocycles. The summed E-state index contributed by atoms with van der Waals surface area (Å²) in [5.74, 6) is -0.170. The van der Waals surface area contributed by atoms with Crippen LogP contribution in [0.15, 0.2) is 12.1 Å². The molecule has 102 valence electrons. The Balaban J connectivity index is 3.05. The van der Waals surface area contributed by atoms with E-state index in [2.05, 4.69) is 41.5 Å². The van der Waals surface area contributed by atoms with E-state index >= 15 is 0 Å². The van der Waals surface area contributed by atoms with Gasteiger partial charge >= 0.3 is 0 Å². The molecule has 1 aromatic carbocycles. The van der Waals surface area contributed by atoms with Gasteiger partial charge in [0.15, 0.2) is 0 Å². The van der Waals surface area contributed by atoms with E-state index in [0.717, 1.165) is 12.0 Å². The molecule has 0 fully saturated rings. The molecular formula is C16H24ClF. The van der Waals surface area contributed by atoms with Gasteiger partial charge in [0.05, 0.1) is 0 Å². The van der Waals surface area contributed by atoms with Gasteiger partial charge in [0.25, 0.3) is 0 Å². The fraction of sp³-hybridized carbons (Fsp3) is 0.625. The lowest BCUT2D eigenvalue weighted by Gasteiger charge is -2.22. The molecule has 0 heterocycles. The zero-order chi connectivity index (χ0) is 14.1. The second-order valence-corrected chi connectivity index (χ2v) is 7.92. The van der Waals surface area contributed by atoms with Crippen LogP contribution in [-0.2, 0) is 12.8 Å². The molecule has 0 atom stereocenters. The third-order valence-electron chi connectivity index (χ3n) is 2.64. The molecule has 0 spiro atoms. The van der Waals surface area contributed by atoms with Crippen molar-refractivity contribution in [2.45, 2.75) is 54.4 Å². The summed E-state index contributed by atoms with van der Waals surface area (Å²) in [6.07, 6.45) is 1.49. The lowest BCUT2D eigenvalue weighted by Crippen LogP contribution is -2.13. The molecule has 1 rings (SSSR count). The highest BCUT2D eigenvalue weighted by Gasteiger charge is 2.19. The van der Waals surface area contributed by atoms with Crippen LogP contribution in [0.4, 0.5) is 4.39 Å². The Kier molecular flexibility index (Phi) is 4.48. The first-order chi connectivity index (χ1) is 7.98. The van der Waals surface area contributed by atoms with Crippen LogP contribution in [0.5, 0.6) is 0 Å². The van der Waals surface area contributed by atoms with Crippen LogP contribution in [0.3, 0.4) is 0 Å². The molecule has 0 bridgehead atoms. The first kappa shape index (κ1) is 15.5. The van der Waals surface area contributed by atoms with Gasteiger partial charge in [-0.25, -0.2) is 4.39 Å². The van der Waals surface area contributed by atoms with Crippen molar-refractivity contribution in [1.29, 1.82) is 0 Å². The van der Waals surface area contributed by atoms with Gasteiger partial charge in [0.1, 0.15) is 5.82 Å². The van der Waals surface area contributed by atoms with Crippen molar-refractivity contribution in [3.05, 3.63) is 34.1 Å². The molecule has 0 N–H and O–H groups in total. The van der Waals surface area contributed by atoms with Crippen molar-refractivity contribution in [3.63, 3.8) is 0 Å². The van der Waals surface area contributed by atoms with E-state index in [1.54, 1.807) is 6.07 Å². The van der Waals surface area contributed by atoms with Gasteiger partial charge in [-0.3, -0.25) is 0 Å². The van der Waals surface area contributed by atoms with E-state index in [0.29, 0.717) is 17.0 Å². The predicted molar refractivity (Wildman–Crippen MR) is 77.7 cm³/mol. The van der Waals surface area contributed by atoms with Gasteiger partial charge in [-0.15, -0.1) is 0 Å². The molecule has 0 aliphatic heterocycles. The molecule has 0 nitrogen and oxygen atoms in total. The van der Waals surface area contributed by atoms with Crippen LogP contribution < -0.4 is 0 Å². The summed E-state index contributed by atoms with van der Waals surface area (Å²) in [5, 5.41) is 0.559. The highest BCUT2D eigenvalue weighted by Crippen LogP contribution is 2.31. The summed E-state index contributed by atoms with van der Waals surface area (Å²) < 4.78 is 14.1. The molecule has 0 unspecified atom stereocenters. The Labute approximate surface area is 116 Å². The van der Waals surface area contributed by atoms with Crippen LogP contribution >= 0.6 is 11.6 Å². The maximum atomic E-state index is 14.1. The normalized spacial score (nSPS) is 12.9. The smallest absolute Gasteiger partial charge is 0.128 e. The molecule has 0 aliphatic carbocycles. The van der Waals surface area contributed by atoms with Crippen LogP contribution in [0.25, 0.3) is 0 Å². The van der Waals surface area contributed by atoms with Crippen molar-refractivity contribution < 1.29 is 4.39 Å². The van der Waals surface area contributed by atoms with Crippen LogP contribution in [0, 0.1) is 16.6 Å². The second kappa shape index (κ2) is 5.21. The number of benzene rings is 1. The first-order valence-electron chi connectivity index (χ1n) is 6.45. The third kappa shape index (κ3) is 4.97. The molecule has 0 saturated heterocycles. The summed E-state index contributed by atoms with van der Waals surface area (Å²) in [6, 6.07) is 3.55.